The molecule has 122 valence electrons. The number of nitrogens with two attached hydrogens (primary N) is 1. The van der Waals surface area contributed by atoms with Gasteiger partial charge in [-0.05, 0) is 43.5 Å². The Kier molecular flexibility index (Phi) is 3.45. The van der Waals surface area contributed by atoms with Crippen LogP contribution >= 0.6 is 0 Å². The van der Waals surface area contributed by atoms with Crippen molar-refractivity contribution in [2.24, 2.45) is 5.73 Å². The molecule has 0 saturated carbocycles. The molecule has 0 atom stereocenters. The third-order valence-corrected chi connectivity index (χ3v) is 4.39. The zero-order chi connectivity index (χ0) is 16.7. The van der Waals surface area contributed by atoms with Crippen molar-refractivity contribution >= 4 is 22.6 Å². The van der Waals surface area contributed by atoms with Crippen LogP contribution in [0.25, 0.3) is 22.0 Å². The van der Waals surface area contributed by atoms with E-state index in [1.807, 2.05) is 25.1 Å². The number of nitrogens with zero attached hydrogens (tertiary/aromatic N) is 3. The molecule has 0 aliphatic carbocycles. The summed E-state index contributed by atoms with van der Waals surface area (Å²) < 4.78 is 5.21. The van der Waals surface area contributed by atoms with Crippen molar-refractivity contribution in [1.82, 2.24) is 9.97 Å². The number of carbonyl (C=O) groups excluding carboxylic acids is 1. The topological polar surface area (TPSA) is 85.3 Å². The molecule has 1 fully saturated rings. The minimum Gasteiger partial charge on any atom is -0.459 e. The molecular weight excluding hydrogens is 304 g/mol. The molecule has 6 nitrogen and oxygen atoms in total. The maximum atomic E-state index is 11.5. The Morgan fingerprint density at radius 2 is 2.00 bits per heavy atom. The summed E-state index contributed by atoms with van der Waals surface area (Å²) in [6, 6.07) is 7.67. The van der Waals surface area contributed by atoms with Crippen LogP contribution in [-0.4, -0.2) is 29.0 Å². The first-order valence-corrected chi connectivity index (χ1v) is 8.04. The SMILES string of the molecule is Cc1nc(N2CCCC2)c2ccc(-c3ccoc3C(N)=O)cc2n1. The first-order chi connectivity index (χ1) is 11.6. The number of hydrogen-bond acceptors (Lipinski definition) is 5. The van der Waals surface area contributed by atoms with Crippen molar-refractivity contribution in [3.63, 3.8) is 0 Å². The van der Waals surface area contributed by atoms with Crippen LogP contribution in [-0.2, 0) is 0 Å². The lowest BCUT2D eigenvalue weighted by atomic mass is 10.0. The van der Waals surface area contributed by atoms with Gasteiger partial charge in [-0.2, -0.15) is 0 Å². The molecule has 0 spiro atoms. The van der Waals surface area contributed by atoms with Crippen LogP contribution in [0, 0.1) is 6.92 Å². The summed E-state index contributed by atoms with van der Waals surface area (Å²) in [7, 11) is 0. The van der Waals surface area contributed by atoms with Gasteiger partial charge in [0.1, 0.15) is 11.6 Å². The maximum Gasteiger partial charge on any atom is 0.285 e. The molecule has 0 radical (unpaired) electrons. The van der Waals surface area contributed by atoms with Crippen LogP contribution in [0.1, 0.15) is 29.2 Å². The van der Waals surface area contributed by atoms with Gasteiger partial charge in [0.05, 0.1) is 11.8 Å². The molecule has 3 heterocycles. The highest BCUT2D eigenvalue weighted by molar-refractivity contribution is 5.99. The quantitative estimate of drug-likeness (QED) is 0.801. The summed E-state index contributed by atoms with van der Waals surface area (Å²) in [4.78, 5) is 23.0. The molecule has 1 aliphatic rings. The van der Waals surface area contributed by atoms with Crippen molar-refractivity contribution in [3.05, 3.63) is 42.1 Å². The Hall–Kier alpha value is -2.89. The fourth-order valence-corrected chi connectivity index (χ4v) is 3.29. The predicted octanol–water partition coefficient (Wildman–Crippen LogP) is 2.90. The molecule has 2 N–H and O–H groups in total. The number of primary amides is 1. The van der Waals surface area contributed by atoms with E-state index in [4.69, 9.17) is 10.2 Å². The van der Waals surface area contributed by atoms with Gasteiger partial charge in [-0.1, -0.05) is 6.07 Å². The first-order valence-electron chi connectivity index (χ1n) is 8.04. The van der Waals surface area contributed by atoms with E-state index in [1.54, 1.807) is 6.07 Å². The lowest BCUT2D eigenvalue weighted by Crippen LogP contribution is -2.20. The normalized spacial score (nSPS) is 14.5. The highest BCUT2D eigenvalue weighted by Gasteiger charge is 2.19. The minimum atomic E-state index is -0.577. The average molecular weight is 322 g/mol. The van der Waals surface area contributed by atoms with Gasteiger partial charge in [-0.25, -0.2) is 9.97 Å². The van der Waals surface area contributed by atoms with Gasteiger partial charge in [0, 0.05) is 24.0 Å². The number of aromatic nitrogens is 2. The maximum absolute atomic E-state index is 11.5. The van der Waals surface area contributed by atoms with E-state index >= 15 is 0 Å². The number of furan rings is 1. The average Bonchev–Trinajstić information content (AvgIpc) is 3.25. The van der Waals surface area contributed by atoms with Crippen LogP contribution in [0.5, 0.6) is 0 Å². The van der Waals surface area contributed by atoms with Gasteiger partial charge in [-0.15, -0.1) is 0 Å². The fraction of sp³-hybridized carbons (Fsp3) is 0.278. The number of aryl methyl sites for hydroxylation is 1. The molecule has 1 amide bonds. The summed E-state index contributed by atoms with van der Waals surface area (Å²) >= 11 is 0. The summed E-state index contributed by atoms with van der Waals surface area (Å²) in [6.45, 7) is 3.96. The summed E-state index contributed by atoms with van der Waals surface area (Å²) in [5.41, 5.74) is 7.78. The van der Waals surface area contributed by atoms with E-state index in [1.165, 1.54) is 19.1 Å². The van der Waals surface area contributed by atoms with Gasteiger partial charge in [0.25, 0.3) is 5.91 Å². The third-order valence-electron chi connectivity index (χ3n) is 4.39. The van der Waals surface area contributed by atoms with E-state index in [0.29, 0.717) is 5.56 Å². The van der Waals surface area contributed by atoms with Gasteiger partial charge in [-0.3, -0.25) is 4.79 Å². The standard InChI is InChI=1S/C18H18N4O2/c1-11-20-15-10-12(13-6-9-24-16(13)17(19)23)4-5-14(15)18(21-11)22-7-2-3-8-22/h4-6,9-10H,2-3,7-8H2,1H3,(H2,19,23). The van der Waals surface area contributed by atoms with Crippen molar-refractivity contribution in [2.75, 3.05) is 18.0 Å². The molecule has 1 aromatic carbocycles. The van der Waals surface area contributed by atoms with E-state index in [-0.39, 0.29) is 5.76 Å². The molecule has 0 unspecified atom stereocenters. The molecule has 1 aliphatic heterocycles. The Labute approximate surface area is 139 Å². The second-order valence-electron chi connectivity index (χ2n) is 6.05. The zero-order valence-electron chi connectivity index (χ0n) is 13.5. The van der Waals surface area contributed by atoms with Crippen molar-refractivity contribution < 1.29 is 9.21 Å². The van der Waals surface area contributed by atoms with Crippen molar-refractivity contribution in [1.29, 1.82) is 0 Å². The van der Waals surface area contributed by atoms with E-state index in [9.17, 15) is 4.79 Å². The lowest BCUT2D eigenvalue weighted by molar-refractivity contribution is 0.0975. The Balaban J connectivity index is 1.86. The van der Waals surface area contributed by atoms with Crippen LogP contribution < -0.4 is 10.6 Å². The Morgan fingerprint density at radius 1 is 1.21 bits per heavy atom. The van der Waals surface area contributed by atoms with Crippen LogP contribution in [0.2, 0.25) is 0 Å². The Morgan fingerprint density at radius 3 is 2.75 bits per heavy atom. The van der Waals surface area contributed by atoms with Crippen LogP contribution in [0.3, 0.4) is 0 Å². The van der Waals surface area contributed by atoms with Gasteiger partial charge < -0.3 is 15.1 Å². The van der Waals surface area contributed by atoms with E-state index in [2.05, 4.69) is 14.9 Å². The van der Waals surface area contributed by atoms with Crippen LogP contribution in [0.15, 0.2) is 34.9 Å². The smallest absolute Gasteiger partial charge is 0.285 e. The molecule has 4 rings (SSSR count). The third kappa shape index (κ3) is 2.40. The Bertz CT molecular complexity index is 926. The molecule has 1 saturated heterocycles. The molecule has 2 aromatic heterocycles. The van der Waals surface area contributed by atoms with Gasteiger partial charge in [0.2, 0.25) is 0 Å². The van der Waals surface area contributed by atoms with Crippen molar-refractivity contribution in [3.8, 4) is 11.1 Å². The summed E-state index contributed by atoms with van der Waals surface area (Å²) in [5, 5.41) is 1.02. The van der Waals surface area contributed by atoms with Gasteiger partial charge in [0.15, 0.2) is 5.76 Å². The number of hydrogen-bond donors (Lipinski definition) is 1. The van der Waals surface area contributed by atoms with Crippen molar-refractivity contribution in [2.45, 2.75) is 19.8 Å². The lowest BCUT2D eigenvalue weighted by Gasteiger charge is -2.19. The monoisotopic (exact) mass is 322 g/mol. The van der Waals surface area contributed by atoms with E-state index in [0.717, 1.165) is 41.2 Å². The van der Waals surface area contributed by atoms with Gasteiger partial charge >= 0.3 is 0 Å². The number of rotatable bonds is 3. The number of carbonyl (C=O) groups is 1. The fourth-order valence-electron chi connectivity index (χ4n) is 3.29. The van der Waals surface area contributed by atoms with Crippen LogP contribution in [0.4, 0.5) is 5.82 Å². The number of amides is 1. The van der Waals surface area contributed by atoms with E-state index < -0.39 is 5.91 Å². The second kappa shape index (κ2) is 5.63. The summed E-state index contributed by atoms with van der Waals surface area (Å²) in [5.74, 6) is 1.32. The minimum absolute atomic E-state index is 0.167. The largest absolute Gasteiger partial charge is 0.459 e. The number of fused-ring (bicyclic) bond motifs is 1. The second-order valence-corrected chi connectivity index (χ2v) is 6.05. The first kappa shape index (κ1) is 14.7. The molecule has 6 heteroatoms. The number of anilines is 1. The highest BCUT2D eigenvalue weighted by atomic mass is 16.3. The predicted molar refractivity (Wildman–Crippen MR) is 91.9 cm³/mol. The summed E-state index contributed by atoms with van der Waals surface area (Å²) in [6.07, 6.45) is 3.86. The molecule has 0 bridgehead atoms. The number of benzene rings is 1. The zero-order valence-corrected chi connectivity index (χ0v) is 13.5. The molecule has 3 aromatic rings. The molecule has 24 heavy (non-hydrogen) atoms. The highest BCUT2D eigenvalue weighted by Crippen LogP contribution is 2.31. The molecular formula is C18H18N4O2.